The zero-order valence-electron chi connectivity index (χ0n) is 18.4. The lowest BCUT2D eigenvalue weighted by Gasteiger charge is -2.17. The second kappa shape index (κ2) is 9.39. The van der Waals surface area contributed by atoms with Gasteiger partial charge in [-0.15, -0.1) is 13.2 Å². The van der Waals surface area contributed by atoms with Crippen LogP contribution in [0.3, 0.4) is 0 Å². The Labute approximate surface area is 205 Å². The van der Waals surface area contributed by atoms with Crippen LogP contribution in [0.1, 0.15) is 21.5 Å². The zero-order chi connectivity index (χ0) is 27.0. The van der Waals surface area contributed by atoms with Crippen LogP contribution in [-0.2, 0) is 6.18 Å². The normalized spacial score (nSPS) is 11.7. The highest BCUT2D eigenvalue weighted by Crippen LogP contribution is 2.40. The van der Waals surface area contributed by atoms with Crippen molar-refractivity contribution in [3.05, 3.63) is 89.5 Å². The van der Waals surface area contributed by atoms with Gasteiger partial charge in [-0.05, 0) is 46.8 Å². The topological polar surface area (TPSA) is 82.4 Å². The van der Waals surface area contributed by atoms with Gasteiger partial charge in [0.05, 0.1) is 28.4 Å². The van der Waals surface area contributed by atoms with Crippen molar-refractivity contribution in [1.29, 1.82) is 5.26 Å². The minimum Gasteiger partial charge on any atom is -0.506 e. The highest BCUT2D eigenvalue weighted by molar-refractivity contribution is 6.13. The van der Waals surface area contributed by atoms with Crippen molar-refractivity contribution in [1.82, 2.24) is 0 Å². The van der Waals surface area contributed by atoms with E-state index >= 15 is 0 Å². The van der Waals surface area contributed by atoms with Crippen LogP contribution in [0.4, 0.5) is 32.0 Å². The van der Waals surface area contributed by atoms with Crippen LogP contribution in [0.2, 0.25) is 0 Å². The lowest BCUT2D eigenvalue weighted by Crippen LogP contribution is -2.20. The SMILES string of the molecule is N#Cc1ccc(NC(=O)c2cc(-c3cccc(C(F)(F)F)c3)c3ccccc3c2O)c(OC(F)(F)F)c1. The molecule has 2 N–H and O–H groups in total. The third-order valence-corrected chi connectivity index (χ3v) is 5.35. The summed E-state index contributed by atoms with van der Waals surface area (Å²) in [6, 6.07) is 16.2. The molecule has 0 aromatic heterocycles. The summed E-state index contributed by atoms with van der Waals surface area (Å²) < 4.78 is 82.5. The largest absolute Gasteiger partial charge is 0.573 e. The van der Waals surface area contributed by atoms with Crippen LogP contribution in [0.25, 0.3) is 21.9 Å². The van der Waals surface area contributed by atoms with E-state index in [1.165, 1.54) is 24.3 Å². The van der Waals surface area contributed by atoms with Gasteiger partial charge in [-0.2, -0.15) is 18.4 Å². The molecule has 0 unspecified atom stereocenters. The predicted molar refractivity (Wildman–Crippen MR) is 122 cm³/mol. The molecule has 0 radical (unpaired) electrons. The minimum absolute atomic E-state index is 0.0968. The van der Waals surface area contributed by atoms with Gasteiger partial charge >= 0.3 is 12.5 Å². The lowest BCUT2D eigenvalue weighted by molar-refractivity contribution is -0.274. The number of carbonyl (C=O) groups excluding carboxylic acids is 1. The molecule has 188 valence electrons. The van der Waals surface area contributed by atoms with E-state index in [9.17, 15) is 36.2 Å². The molecule has 0 saturated heterocycles. The molecule has 0 aliphatic heterocycles. The van der Waals surface area contributed by atoms with E-state index in [-0.39, 0.29) is 22.1 Å². The Morgan fingerprint density at radius 3 is 2.24 bits per heavy atom. The second-order valence-electron chi connectivity index (χ2n) is 7.77. The fraction of sp³-hybridized carbons (Fsp3) is 0.0769. The molecular weight excluding hydrogens is 502 g/mol. The first-order valence-corrected chi connectivity index (χ1v) is 10.4. The number of nitrogens with zero attached hydrogens (tertiary/aromatic N) is 1. The average molecular weight is 516 g/mol. The smallest absolute Gasteiger partial charge is 0.506 e. The van der Waals surface area contributed by atoms with Crippen LogP contribution in [-0.4, -0.2) is 17.4 Å². The molecule has 1 amide bonds. The molecule has 4 aromatic carbocycles. The van der Waals surface area contributed by atoms with Gasteiger partial charge in [-0.1, -0.05) is 36.4 Å². The van der Waals surface area contributed by atoms with Gasteiger partial charge in [0, 0.05) is 11.5 Å². The Morgan fingerprint density at radius 1 is 0.892 bits per heavy atom. The molecule has 4 aromatic rings. The van der Waals surface area contributed by atoms with Crippen molar-refractivity contribution < 1.29 is 41.0 Å². The summed E-state index contributed by atoms with van der Waals surface area (Å²) in [4.78, 5) is 13.1. The third-order valence-electron chi connectivity index (χ3n) is 5.35. The summed E-state index contributed by atoms with van der Waals surface area (Å²) in [5.41, 5.74) is -1.68. The van der Waals surface area contributed by atoms with Gasteiger partial charge in [0.1, 0.15) is 5.75 Å². The van der Waals surface area contributed by atoms with Crippen molar-refractivity contribution in [2.45, 2.75) is 12.5 Å². The molecule has 0 aliphatic carbocycles. The molecular formula is C26H14F6N2O3. The molecule has 4 rings (SSSR count). The van der Waals surface area contributed by atoms with E-state index in [2.05, 4.69) is 10.1 Å². The van der Waals surface area contributed by atoms with Gasteiger partial charge in [-0.25, -0.2) is 0 Å². The van der Waals surface area contributed by atoms with E-state index in [4.69, 9.17) is 5.26 Å². The summed E-state index contributed by atoms with van der Waals surface area (Å²) >= 11 is 0. The van der Waals surface area contributed by atoms with Crippen molar-refractivity contribution in [3.8, 4) is 28.7 Å². The third kappa shape index (κ3) is 5.43. The van der Waals surface area contributed by atoms with Gasteiger partial charge in [0.2, 0.25) is 0 Å². The summed E-state index contributed by atoms with van der Waals surface area (Å²) in [7, 11) is 0. The van der Waals surface area contributed by atoms with Gasteiger partial charge in [-0.3, -0.25) is 4.79 Å². The summed E-state index contributed by atoms with van der Waals surface area (Å²) in [5.74, 6) is -2.46. The van der Waals surface area contributed by atoms with E-state index in [0.717, 1.165) is 36.4 Å². The fourth-order valence-corrected chi connectivity index (χ4v) is 3.73. The Kier molecular flexibility index (Phi) is 6.44. The predicted octanol–water partition coefficient (Wildman–Crippen LogP) is 7.25. The average Bonchev–Trinajstić information content (AvgIpc) is 2.84. The quantitative estimate of drug-likeness (QED) is 0.280. The van der Waals surface area contributed by atoms with Crippen LogP contribution in [0.5, 0.6) is 11.5 Å². The molecule has 5 nitrogen and oxygen atoms in total. The number of rotatable bonds is 4. The molecule has 0 bridgehead atoms. The first-order valence-electron chi connectivity index (χ1n) is 10.4. The van der Waals surface area contributed by atoms with Crippen LogP contribution < -0.4 is 10.1 Å². The van der Waals surface area contributed by atoms with Crippen molar-refractivity contribution in [2.75, 3.05) is 5.32 Å². The minimum atomic E-state index is -5.13. The van der Waals surface area contributed by atoms with E-state index in [0.29, 0.717) is 5.39 Å². The molecule has 11 heteroatoms. The number of fused-ring (bicyclic) bond motifs is 1. The Bertz CT molecular complexity index is 1560. The van der Waals surface area contributed by atoms with E-state index in [1.807, 2.05) is 0 Å². The van der Waals surface area contributed by atoms with Crippen molar-refractivity contribution >= 4 is 22.4 Å². The number of phenols is 1. The Balaban J connectivity index is 1.83. The number of benzene rings is 4. The number of nitrogens with one attached hydrogen (secondary N) is 1. The van der Waals surface area contributed by atoms with Crippen molar-refractivity contribution in [3.63, 3.8) is 0 Å². The summed E-state index contributed by atoms with van der Waals surface area (Å²) in [6.45, 7) is 0. The van der Waals surface area contributed by atoms with E-state index < -0.39 is 46.8 Å². The maximum atomic E-state index is 13.3. The number of amides is 1. The fourth-order valence-electron chi connectivity index (χ4n) is 3.73. The molecule has 37 heavy (non-hydrogen) atoms. The number of carbonyl (C=O) groups is 1. The number of ether oxygens (including phenoxy) is 1. The number of halogens is 6. The number of hydrogen-bond donors (Lipinski definition) is 2. The van der Waals surface area contributed by atoms with Crippen LogP contribution in [0.15, 0.2) is 72.8 Å². The number of hydrogen-bond acceptors (Lipinski definition) is 4. The highest BCUT2D eigenvalue weighted by Gasteiger charge is 2.33. The number of nitriles is 1. The number of aromatic hydroxyl groups is 1. The molecule has 0 atom stereocenters. The van der Waals surface area contributed by atoms with E-state index in [1.54, 1.807) is 18.2 Å². The lowest BCUT2D eigenvalue weighted by atomic mass is 9.93. The monoisotopic (exact) mass is 516 g/mol. The van der Waals surface area contributed by atoms with Crippen LogP contribution >= 0.6 is 0 Å². The standard InChI is InChI=1S/C26H14F6N2O3/c27-25(28,29)16-5-3-4-15(11-16)19-12-20(23(35)18-7-2-1-6-17(18)19)24(36)34-21-9-8-14(13-33)10-22(21)37-26(30,31)32/h1-12,35H,(H,34,36). The van der Waals surface area contributed by atoms with Gasteiger partial charge in [0.25, 0.3) is 5.91 Å². The molecule has 0 aliphatic rings. The number of phenolic OH excluding ortho intramolecular Hbond substituents is 1. The summed E-state index contributed by atoms with van der Waals surface area (Å²) in [5, 5.41) is 22.5. The molecule has 0 spiro atoms. The first kappa shape index (κ1) is 25.4. The molecule has 0 fully saturated rings. The number of anilines is 1. The second-order valence-corrected chi connectivity index (χ2v) is 7.77. The number of alkyl halides is 6. The van der Waals surface area contributed by atoms with Crippen LogP contribution in [0, 0.1) is 11.3 Å². The first-order chi connectivity index (χ1) is 17.4. The highest BCUT2D eigenvalue weighted by atomic mass is 19.4. The van der Waals surface area contributed by atoms with Gasteiger partial charge in [0.15, 0.2) is 5.75 Å². The Hall–Kier alpha value is -4.72. The maximum absolute atomic E-state index is 13.3. The Morgan fingerprint density at radius 2 is 1.59 bits per heavy atom. The zero-order valence-corrected chi connectivity index (χ0v) is 18.4. The molecule has 0 saturated carbocycles. The van der Waals surface area contributed by atoms with Crippen molar-refractivity contribution in [2.24, 2.45) is 0 Å². The van der Waals surface area contributed by atoms with Gasteiger partial charge < -0.3 is 15.2 Å². The molecule has 0 heterocycles. The summed E-state index contributed by atoms with van der Waals surface area (Å²) in [6.07, 6.45) is -9.76. The maximum Gasteiger partial charge on any atom is 0.573 e.